The van der Waals surface area contributed by atoms with Crippen LogP contribution in [0, 0.1) is 5.92 Å². The summed E-state index contributed by atoms with van der Waals surface area (Å²) in [5.41, 5.74) is 7.27. The highest BCUT2D eigenvalue weighted by Crippen LogP contribution is 2.41. The zero-order chi connectivity index (χ0) is 31.1. The molecular formula is C27H31N7O7S3. The Morgan fingerprint density at radius 3 is 2.75 bits per heavy atom. The monoisotopic (exact) mass is 661 g/mol. The van der Waals surface area contributed by atoms with Gasteiger partial charge in [-0.2, -0.15) is 0 Å². The molecule has 3 aliphatic rings. The van der Waals surface area contributed by atoms with E-state index >= 15 is 0 Å². The van der Waals surface area contributed by atoms with Gasteiger partial charge in [0.15, 0.2) is 11.7 Å². The number of fused-ring (bicyclic) bond motifs is 1. The molecule has 234 valence electrons. The lowest BCUT2D eigenvalue weighted by atomic mass is 9.87. The van der Waals surface area contributed by atoms with E-state index in [4.69, 9.17) is 20.0 Å². The largest absolute Gasteiger partial charge is 0.425 e. The second-order valence-electron chi connectivity index (χ2n) is 10.3. The van der Waals surface area contributed by atoms with Crippen molar-refractivity contribution in [2.45, 2.75) is 69.8 Å². The number of carbonyl (C=O) groups is 4. The molecule has 0 aromatic carbocycles. The molecule has 0 radical (unpaired) electrons. The number of amides is 2. The number of rotatable bonds is 12. The number of nitrogens with one attached hydrogen (secondary N) is 1. The summed E-state index contributed by atoms with van der Waals surface area (Å²) in [4.78, 5) is 62.0. The van der Waals surface area contributed by atoms with Gasteiger partial charge in [0.1, 0.15) is 23.3 Å². The van der Waals surface area contributed by atoms with Gasteiger partial charge in [-0.05, 0) is 41.9 Å². The Labute approximate surface area is 265 Å². The molecule has 2 amide bonds. The molecule has 2 fully saturated rings. The van der Waals surface area contributed by atoms with Gasteiger partial charge in [-0.3, -0.25) is 19.3 Å². The second kappa shape index (κ2) is 14.8. The van der Waals surface area contributed by atoms with Crippen LogP contribution in [0.2, 0.25) is 0 Å². The Balaban J connectivity index is 1.22. The zero-order valence-corrected chi connectivity index (χ0v) is 26.2. The van der Waals surface area contributed by atoms with E-state index in [9.17, 15) is 19.2 Å². The number of thioether (sulfide) groups is 1. The van der Waals surface area contributed by atoms with Gasteiger partial charge in [0.2, 0.25) is 6.29 Å². The van der Waals surface area contributed by atoms with Crippen molar-refractivity contribution in [1.29, 1.82) is 0 Å². The maximum absolute atomic E-state index is 13.4. The highest BCUT2D eigenvalue weighted by Gasteiger charge is 2.54. The average molecular weight is 662 g/mol. The molecule has 3 unspecified atom stereocenters. The van der Waals surface area contributed by atoms with E-state index in [2.05, 4.69) is 25.0 Å². The van der Waals surface area contributed by atoms with Crippen LogP contribution in [0.3, 0.4) is 0 Å². The van der Waals surface area contributed by atoms with Crippen LogP contribution in [0.1, 0.15) is 56.8 Å². The van der Waals surface area contributed by atoms with Crippen LogP contribution in [-0.2, 0) is 40.1 Å². The molecule has 0 spiro atoms. The standard InChI is InChI=1S/C27H31N7O7S3/c1-15(40-21(36)9-16-5-3-2-4-6-16)41-26(38)23-17(7-8-18-14-44-33-32-18)12-42-25-22(24(37)34(23)25)31-20(35)10-29-39-11-19-13-43-27(28)30-19/h7-8,10,13-16,22,25H,2-6,9,11-12H2,1H3,(H2,28,30)(H,31,35)/b8-7-,29-10-. The first kappa shape index (κ1) is 31.6. The smallest absolute Gasteiger partial charge is 0.358 e. The number of allylic oxidation sites excluding steroid dienone is 1. The van der Waals surface area contributed by atoms with Gasteiger partial charge >= 0.3 is 11.9 Å². The van der Waals surface area contributed by atoms with Crippen molar-refractivity contribution in [2.24, 2.45) is 11.1 Å². The number of aromatic nitrogens is 3. The minimum Gasteiger partial charge on any atom is -0.425 e. The van der Waals surface area contributed by atoms with Gasteiger partial charge in [0.25, 0.3) is 11.8 Å². The van der Waals surface area contributed by atoms with E-state index in [-0.39, 0.29) is 24.6 Å². The maximum atomic E-state index is 13.4. The van der Waals surface area contributed by atoms with Gasteiger partial charge in [-0.15, -0.1) is 28.2 Å². The fourth-order valence-electron chi connectivity index (χ4n) is 5.05. The molecule has 44 heavy (non-hydrogen) atoms. The summed E-state index contributed by atoms with van der Waals surface area (Å²) >= 11 is 3.81. The quantitative estimate of drug-likeness (QED) is 0.111. The minimum absolute atomic E-state index is 0.0124. The molecule has 2 aliphatic heterocycles. The molecule has 1 saturated heterocycles. The number of hydrogen-bond acceptors (Lipinski definition) is 15. The lowest BCUT2D eigenvalue weighted by Gasteiger charge is -2.49. The molecule has 1 saturated carbocycles. The average Bonchev–Trinajstić information content (AvgIpc) is 3.68. The Hall–Kier alpha value is -3.83. The number of nitrogens with zero attached hydrogens (tertiary/aromatic N) is 5. The fourth-order valence-corrected chi connectivity index (χ4v) is 7.34. The second-order valence-corrected chi connectivity index (χ2v) is 12.9. The number of oxime groups is 1. The van der Waals surface area contributed by atoms with Crippen molar-refractivity contribution >= 4 is 75.8 Å². The molecule has 2 aromatic heterocycles. The molecule has 2 aromatic rings. The lowest BCUT2D eigenvalue weighted by Crippen LogP contribution is -2.70. The fraction of sp³-hybridized carbons (Fsp3) is 0.481. The Morgan fingerprint density at radius 2 is 2.02 bits per heavy atom. The highest BCUT2D eigenvalue weighted by molar-refractivity contribution is 8.00. The van der Waals surface area contributed by atoms with E-state index in [0.717, 1.165) is 31.9 Å². The number of carbonyl (C=O) groups excluding carboxylic acids is 4. The predicted octanol–water partition coefficient (Wildman–Crippen LogP) is 2.85. The first-order chi connectivity index (χ1) is 21.3. The minimum atomic E-state index is -1.16. The van der Waals surface area contributed by atoms with E-state index in [0.29, 0.717) is 27.8 Å². The van der Waals surface area contributed by atoms with Crippen molar-refractivity contribution in [3.8, 4) is 0 Å². The molecule has 1 aliphatic carbocycles. The summed E-state index contributed by atoms with van der Waals surface area (Å²) in [6.45, 7) is 1.50. The van der Waals surface area contributed by atoms with E-state index in [1.807, 2.05) is 0 Å². The maximum Gasteiger partial charge on any atom is 0.358 e. The van der Waals surface area contributed by atoms with Crippen molar-refractivity contribution in [2.75, 3.05) is 11.5 Å². The highest BCUT2D eigenvalue weighted by atomic mass is 32.2. The van der Waals surface area contributed by atoms with Gasteiger partial charge in [-0.25, -0.2) is 9.78 Å². The molecule has 14 nitrogen and oxygen atoms in total. The van der Waals surface area contributed by atoms with Crippen molar-refractivity contribution < 1.29 is 33.5 Å². The van der Waals surface area contributed by atoms with Crippen LogP contribution < -0.4 is 11.1 Å². The van der Waals surface area contributed by atoms with Crippen LogP contribution in [0.15, 0.2) is 33.3 Å². The summed E-state index contributed by atoms with van der Waals surface area (Å²) in [5.74, 6) is -1.78. The summed E-state index contributed by atoms with van der Waals surface area (Å²) in [6, 6.07) is -0.904. The van der Waals surface area contributed by atoms with Crippen LogP contribution in [0.4, 0.5) is 5.13 Å². The Morgan fingerprint density at radius 1 is 1.20 bits per heavy atom. The molecule has 0 bridgehead atoms. The zero-order valence-electron chi connectivity index (χ0n) is 23.7. The number of nitrogens with two attached hydrogens (primary N) is 1. The molecule has 3 N–H and O–H groups in total. The van der Waals surface area contributed by atoms with Gasteiger partial charge in [0.05, 0.1) is 11.4 Å². The normalized spacial score (nSPS) is 21.2. The SMILES string of the molecule is CC(OC(=O)CC1CCCCC1)OC(=O)C1=C(/C=C\c2csnn2)CSC2C(NC(=O)/C=N\OCc3csc(N)n3)C(=O)N12. The Bertz CT molecular complexity index is 1450. The van der Waals surface area contributed by atoms with Crippen molar-refractivity contribution in [3.63, 3.8) is 0 Å². The van der Waals surface area contributed by atoms with Crippen LogP contribution in [0.5, 0.6) is 0 Å². The summed E-state index contributed by atoms with van der Waals surface area (Å²) < 4.78 is 14.7. The third-order valence-electron chi connectivity index (χ3n) is 7.10. The summed E-state index contributed by atoms with van der Waals surface area (Å²) in [7, 11) is 0. The first-order valence-electron chi connectivity index (χ1n) is 14.0. The van der Waals surface area contributed by atoms with Crippen molar-refractivity contribution in [3.05, 3.63) is 39.5 Å². The lowest BCUT2D eigenvalue weighted by molar-refractivity contribution is -0.184. The van der Waals surface area contributed by atoms with Crippen molar-refractivity contribution in [1.82, 2.24) is 24.8 Å². The Kier molecular flexibility index (Phi) is 10.6. The summed E-state index contributed by atoms with van der Waals surface area (Å²) in [6.07, 6.45) is 8.73. The number of β-lactam (4-membered cyclic amide) rings is 1. The van der Waals surface area contributed by atoms with Gasteiger partial charge in [0, 0.05) is 29.9 Å². The summed E-state index contributed by atoms with van der Waals surface area (Å²) in [5, 5.41) is 13.5. The van der Waals surface area contributed by atoms with E-state index in [1.54, 1.807) is 22.9 Å². The van der Waals surface area contributed by atoms with E-state index in [1.165, 1.54) is 52.9 Å². The van der Waals surface area contributed by atoms with Crippen LogP contribution in [-0.4, -0.2) is 72.9 Å². The van der Waals surface area contributed by atoms with E-state index < -0.39 is 41.5 Å². The first-order valence-corrected chi connectivity index (χ1v) is 16.7. The van der Waals surface area contributed by atoms with Gasteiger partial charge in [-0.1, -0.05) is 35.0 Å². The number of thiazole rings is 1. The number of ether oxygens (including phenoxy) is 2. The number of nitrogen functional groups attached to an aromatic ring is 1. The van der Waals surface area contributed by atoms with Crippen LogP contribution in [0.25, 0.3) is 6.08 Å². The number of hydrogen-bond donors (Lipinski definition) is 2. The third kappa shape index (κ3) is 8.00. The molecule has 3 atom stereocenters. The molecule has 17 heteroatoms. The number of anilines is 1. The topological polar surface area (TPSA) is 188 Å². The molecule has 5 rings (SSSR count). The molecule has 4 heterocycles. The molecular weight excluding hydrogens is 631 g/mol. The van der Waals surface area contributed by atoms with Gasteiger partial charge < -0.3 is 25.4 Å². The third-order valence-corrected chi connectivity index (χ3v) is 9.65. The predicted molar refractivity (Wildman–Crippen MR) is 164 cm³/mol. The van der Waals surface area contributed by atoms with Crippen LogP contribution >= 0.6 is 34.6 Å². The number of esters is 2.